The summed E-state index contributed by atoms with van der Waals surface area (Å²) in [4.78, 5) is 37.9. The van der Waals surface area contributed by atoms with Gasteiger partial charge in [-0.05, 0) is 13.5 Å². The quantitative estimate of drug-likeness (QED) is 0.714. The molecule has 0 aromatic heterocycles. The van der Waals surface area contributed by atoms with Crippen LogP contribution in [0.4, 0.5) is 0 Å². The molecule has 1 aliphatic heterocycles. The molecular formula is C13H23N3O3. The first kappa shape index (κ1) is 15.6. The number of rotatable bonds is 6. The van der Waals surface area contributed by atoms with Gasteiger partial charge in [0.05, 0.1) is 13.1 Å². The highest BCUT2D eigenvalue weighted by Gasteiger charge is 2.21. The molecule has 0 saturated carbocycles. The Balaban J connectivity index is 2.27. The van der Waals surface area contributed by atoms with E-state index in [1.54, 1.807) is 16.8 Å². The van der Waals surface area contributed by atoms with Crippen molar-refractivity contribution in [2.45, 2.75) is 26.2 Å². The van der Waals surface area contributed by atoms with Crippen LogP contribution in [-0.4, -0.2) is 67.2 Å². The van der Waals surface area contributed by atoms with Crippen molar-refractivity contribution in [3.05, 3.63) is 0 Å². The number of hydrogen-bond acceptors (Lipinski definition) is 4. The van der Waals surface area contributed by atoms with Crippen LogP contribution in [0, 0.1) is 0 Å². The minimum Gasteiger partial charge on any atom is -0.355 e. The molecule has 1 rings (SSSR count). The van der Waals surface area contributed by atoms with Gasteiger partial charge >= 0.3 is 0 Å². The Bertz CT molecular complexity index is 334. The third-order valence-electron chi connectivity index (χ3n) is 3.06. The maximum atomic E-state index is 12.0. The number of Topliss-reactive ketones (excluding diaryl/α,β-unsaturated/α-hetero) is 1. The van der Waals surface area contributed by atoms with Gasteiger partial charge < -0.3 is 10.2 Å². The minimum absolute atomic E-state index is 0.0155. The predicted molar refractivity (Wildman–Crippen MR) is 71.6 cm³/mol. The van der Waals surface area contributed by atoms with Crippen LogP contribution in [-0.2, 0) is 14.4 Å². The van der Waals surface area contributed by atoms with E-state index in [9.17, 15) is 14.4 Å². The van der Waals surface area contributed by atoms with E-state index in [4.69, 9.17) is 0 Å². The number of piperidine rings is 1. The van der Waals surface area contributed by atoms with E-state index < -0.39 is 0 Å². The molecule has 1 aliphatic rings. The monoisotopic (exact) mass is 269 g/mol. The number of likely N-dealkylation sites (tertiary alicyclic amines) is 1. The Hall–Kier alpha value is -1.43. The van der Waals surface area contributed by atoms with Crippen LogP contribution < -0.4 is 5.32 Å². The van der Waals surface area contributed by atoms with Gasteiger partial charge in [0, 0.05) is 32.5 Å². The van der Waals surface area contributed by atoms with Crippen LogP contribution in [0.5, 0.6) is 0 Å². The number of amides is 2. The van der Waals surface area contributed by atoms with Crippen molar-refractivity contribution in [2.75, 3.05) is 39.8 Å². The maximum Gasteiger partial charge on any atom is 0.236 e. The van der Waals surface area contributed by atoms with E-state index in [1.165, 1.54) is 0 Å². The van der Waals surface area contributed by atoms with Crippen LogP contribution in [0.2, 0.25) is 0 Å². The molecule has 0 spiro atoms. The standard InChI is InChI=1S/C13H23N3O3/c1-3-6-14-12(18)9-15(2)10-13(19)16-7-4-11(17)5-8-16/h3-10H2,1-2H3,(H,14,18). The summed E-state index contributed by atoms with van der Waals surface area (Å²) in [7, 11) is 1.75. The molecule has 0 unspecified atom stereocenters. The molecule has 0 aromatic rings. The summed E-state index contributed by atoms with van der Waals surface area (Å²) in [5.74, 6) is 0.139. The molecule has 1 N–H and O–H groups in total. The topological polar surface area (TPSA) is 69.7 Å². The first-order valence-electron chi connectivity index (χ1n) is 6.77. The van der Waals surface area contributed by atoms with E-state index in [0.717, 1.165) is 6.42 Å². The van der Waals surface area contributed by atoms with E-state index >= 15 is 0 Å². The molecule has 6 heteroatoms. The van der Waals surface area contributed by atoms with Gasteiger partial charge in [-0.2, -0.15) is 0 Å². The summed E-state index contributed by atoms with van der Waals surface area (Å²) >= 11 is 0. The fourth-order valence-electron chi connectivity index (χ4n) is 1.96. The zero-order valence-electron chi connectivity index (χ0n) is 11.8. The fraction of sp³-hybridized carbons (Fsp3) is 0.769. The molecular weight excluding hydrogens is 246 g/mol. The predicted octanol–water partition coefficient (Wildman–Crippen LogP) is -0.364. The molecule has 0 radical (unpaired) electrons. The van der Waals surface area contributed by atoms with Crippen molar-refractivity contribution in [1.82, 2.24) is 15.1 Å². The van der Waals surface area contributed by atoms with Crippen molar-refractivity contribution < 1.29 is 14.4 Å². The molecule has 0 atom stereocenters. The summed E-state index contributed by atoms with van der Waals surface area (Å²) in [6.45, 7) is 4.10. The van der Waals surface area contributed by atoms with Crippen molar-refractivity contribution in [3.8, 4) is 0 Å². The number of carbonyl (C=O) groups is 3. The average molecular weight is 269 g/mol. The highest BCUT2D eigenvalue weighted by Crippen LogP contribution is 2.06. The molecule has 6 nitrogen and oxygen atoms in total. The lowest BCUT2D eigenvalue weighted by Gasteiger charge is -2.28. The largest absolute Gasteiger partial charge is 0.355 e. The molecule has 2 amide bonds. The third-order valence-corrected chi connectivity index (χ3v) is 3.06. The zero-order valence-corrected chi connectivity index (χ0v) is 11.8. The molecule has 0 aromatic carbocycles. The second-order valence-electron chi connectivity index (χ2n) is 4.94. The second kappa shape index (κ2) is 7.89. The lowest BCUT2D eigenvalue weighted by molar-refractivity contribution is -0.135. The number of hydrogen-bond donors (Lipinski definition) is 1. The van der Waals surface area contributed by atoms with Crippen LogP contribution in [0.15, 0.2) is 0 Å². The van der Waals surface area contributed by atoms with Gasteiger partial charge in [-0.15, -0.1) is 0 Å². The highest BCUT2D eigenvalue weighted by molar-refractivity contribution is 5.84. The fourth-order valence-corrected chi connectivity index (χ4v) is 1.96. The summed E-state index contributed by atoms with van der Waals surface area (Å²) < 4.78 is 0. The van der Waals surface area contributed by atoms with Gasteiger partial charge in [0.25, 0.3) is 0 Å². The number of nitrogens with one attached hydrogen (secondary N) is 1. The number of nitrogens with zero attached hydrogens (tertiary/aromatic N) is 2. The summed E-state index contributed by atoms with van der Waals surface area (Å²) in [5.41, 5.74) is 0. The number of ketones is 1. The van der Waals surface area contributed by atoms with Crippen LogP contribution in [0.1, 0.15) is 26.2 Å². The van der Waals surface area contributed by atoms with E-state index in [1.807, 2.05) is 6.92 Å². The normalized spacial score (nSPS) is 15.7. The molecule has 1 saturated heterocycles. The first-order valence-corrected chi connectivity index (χ1v) is 6.77. The molecule has 0 bridgehead atoms. The highest BCUT2D eigenvalue weighted by atomic mass is 16.2. The van der Waals surface area contributed by atoms with Gasteiger partial charge in [0.1, 0.15) is 5.78 Å². The van der Waals surface area contributed by atoms with Gasteiger partial charge in [-0.1, -0.05) is 6.92 Å². The Kier molecular flexibility index (Phi) is 6.49. The van der Waals surface area contributed by atoms with E-state index in [2.05, 4.69) is 5.32 Å². The first-order chi connectivity index (χ1) is 9.02. The zero-order chi connectivity index (χ0) is 14.3. The van der Waals surface area contributed by atoms with Crippen molar-refractivity contribution >= 4 is 17.6 Å². The summed E-state index contributed by atoms with van der Waals surface area (Å²) in [5, 5.41) is 2.77. The summed E-state index contributed by atoms with van der Waals surface area (Å²) in [6, 6.07) is 0. The molecule has 0 aliphatic carbocycles. The minimum atomic E-state index is -0.0639. The molecule has 108 valence electrons. The third kappa shape index (κ3) is 5.83. The lowest BCUT2D eigenvalue weighted by Crippen LogP contribution is -2.45. The van der Waals surface area contributed by atoms with Crippen molar-refractivity contribution in [3.63, 3.8) is 0 Å². The number of likely N-dealkylation sites (N-methyl/N-ethyl adjacent to an activating group) is 1. The number of carbonyl (C=O) groups excluding carboxylic acids is 3. The maximum absolute atomic E-state index is 12.0. The van der Waals surface area contributed by atoms with Gasteiger partial charge in [0.15, 0.2) is 0 Å². The van der Waals surface area contributed by atoms with Crippen LogP contribution in [0.25, 0.3) is 0 Å². The van der Waals surface area contributed by atoms with Crippen molar-refractivity contribution in [2.24, 2.45) is 0 Å². The Morgan fingerprint density at radius 3 is 2.47 bits per heavy atom. The van der Waals surface area contributed by atoms with E-state index in [-0.39, 0.29) is 30.7 Å². The lowest BCUT2D eigenvalue weighted by atomic mass is 10.1. The van der Waals surface area contributed by atoms with Gasteiger partial charge in [-0.25, -0.2) is 0 Å². The molecule has 19 heavy (non-hydrogen) atoms. The smallest absolute Gasteiger partial charge is 0.236 e. The Morgan fingerprint density at radius 2 is 1.89 bits per heavy atom. The van der Waals surface area contributed by atoms with Crippen molar-refractivity contribution in [1.29, 1.82) is 0 Å². The van der Waals surface area contributed by atoms with Gasteiger partial charge in [-0.3, -0.25) is 19.3 Å². The Labute approximate surface area is 114 Å². The Morgan fingerprint density at radius 1 is 1.26 bits per heavy atom. The van der Waals surface area contributed by atoms with Crippen LogP contribution >= 0.6 is 0 Å². The summed E-state index contributed by atoms with van der Waals surface area (Å²) in [6.07, 6.45) is 1.80. The molecule has 1 heterocycles. The average Bonchev–Trinajstić information content (AvgIpc) is 2.36. The van der Waals surface area contributed by atoms with Crippen LogP contribution in [0.3, 0.4) is 0 Å². The van der Waals surface area contributed by atoms with E-state index in [0.29, 0.717) is 32.5 Å². The SMILES string of the molecule is CCCNC(=O)CN(C)CC(=O)N1CCC(=O)CC1. The van der Waals surface area contributed by atoms with Gasteiger partial charge in [0.2, 0.25) is 11.8 Å². The molecule has 1 fully saturated rings. The second-order valence-corrected chi connectivity index (χ2v) is 4.94.